The maximum atomic E-state index is 13.3. The Labute approximate surface area is 181 Å². The van der Waals surface area contributed by atoms with Gasteiger partial charge in [0, 0.05) is 5.54 Å². The van der Waals surface area contributed by atoms with Gasteiger partial charge in [-0.05, 0) is 51.0 Å². The predicted octanol–water partition coefficient (Wildman–Crippen LogP) is 3.86. The summed E-state index contributed by atoms with van der Waals surface area (Å²) in [6.07, 6.45) is 5.08. The van der Waals surface area contributed by atoms with Gasteiger partial charge in [-0.1, -0.05) is 30.3 Å². The lowest BCUT2D eigenvalue weighted by Gasteiger charge is -2.39. The van der Waals surface area contributed by atoms with E-state index in [9.17, 15) is 13.6 Å². The second kappa shape index (κ2) is 8.40. The highest BCUT2D eigenvalue weighted by atomic mass is 19.3. The van der Waals surface area contributed by atoms with Gasteiger partial charge in [-0.25, -0.2) is 18.7 Å². The lowest BCUT2D eigenvalue weighted by Crippen LogP contribution is -2.56. The van der Waals surface area contributed by atoms with Crippen LogP contribution in [-0.4, -0.2) is 47.0 Å². The van der Waals surface area contributed by atoms with Gasteiger partial charge in [0.1, 0.15) is 0 Å². The second-order valence-electron chi connectivity index (χ2n) is 9.17. The van der Waals surface area contributed by atoms with Crippen LogP contribution in [0.25, 0.3) is 0 Å². The van der Waals surface area contributed by atoms with Crippen molar-refractivity contribution in [1.82, 2.24) is 15.3 Å². The predicted molar refractivity (Wildman–Crippen MR) is 114 cm³/mol. The van der Waals surface area contributed by atoms with E-state index in [1.165, 1.54) is 16.7 Å². The quantitative estimate of drug-likeness (QED) is 0.654. The molecular formula is C23H28F2N4O2. The normalized spacial score (nSPS) is 17.7. The molecule has 1 aliphatic carbocycles. The topological polar surface area (TPSA) is 67.4 Å². The first-order valence-corrected chi connectivity index (χ1v) is 10.7. The van der Waals surface area contributed by atoms with Gasteiger partial charge >= 0.3 is 0 Å². The van der Waals surface area contributed by atoms with E-state index in [1.807, 2.05) is 32.0 Å². The molecule has 8 heteroatoms. The largest absolute Gasteiger partial charge is 0.475 e. The van der Waals surface area contributed by atoms with E-state index in [0.717, 1.165) is 25.7 Å². The number of hydrogen-bond donors (Lipinski definition) is 1. The molecule has 1 saturated heterocycles. The lowest BCUT2D eigenvalue weighted by atomic mass is 9.95. The van der Waals surface area contributed by atoms with Crippen molar-refractivity contribution in [3.05, 3.63) is 47.8 Å². The summed E-state index contributed by atoms with van der Waals surface area (Å²) in [6, 6.07) is 10.1. The van der Waals surface area contributed by atoms with Gasteiger partial charge in [0.2, 0.25) is 0 Å². The maximum absolute atomic E-state index is 13.3. The number of aryl methyl sites for hydroxylation is 1. The van der Waals surface area contributed by atoms with Crippen LogP contribution in [0.5, 0.6) is 5.88 Å². The number of aromatic nitrogens is 2. The van der Waals surface area contributed by atoms with Crippen LogP contribution in [0, 0.1) is 5.92 Å². The van der Waals surface area contributed by atoms with Crippen molar-refractivity contribution in [1.29, 1.82) is 0 Å². The smallest absolute Gasteiger partial charge is 0.282 e. The minimum Gasteiger partial charge on any atom is -0.475 e. The van der Waals surface area contributed by atoms with E-state index in [0.29, 0.717) is 12.5 Å². The second-order valence-corrected chi connectivity index (χ2v) is 9.17. The van der Waals surface area contributed by atoms with Crippen molar-refractivity contribution in [2.45, 2.75) is 51.0 Å². The molecule has 6 nitrogen and oxygen atoms in total. The monoisotopic (exact) mass is 430 g/mol. The van der Waals surface area contributed by atoms with Gasteiger partial charge in [-0.2, -0.15) is 0 Å². The van der Waals surface area contributed by atoms with Crippen LogP contribution < -0.4 is 15.0 Å². The van der Waals surface area contributed by atoms with Gasteiger partial charge in [-0.15, -0.1) is 0 Å². The molecule has 1 aromatic heterocycles. The van der Waals surface area contributed by atoms with Gasteiger partial charge in [0.05, 0.1) is 25.9 Å². The maximum Gasteiger partial charge on any atom is 0.282 e. The molecule has 0 bridgehead atoms. The number of carbonyl (C=O) groups excluding carboxylic acids is 1. The summed E-state index contributed by atoms with van der Waals surface area (Å²) in [7, 11) is 0. The molecule has 0 unspecified atom stereocenters. The molecule has 1 aromatic carbocycles. The van der Waals surface area contributed by atoms with E-state index in [4.69, 9.17) is 4.74 Å². The zero-order valence-electron chi connectivity index (χ0n) is 17.9. The highest BCUT2D eigenvalue weighted by Gasteiger charge is 2.46. The first kappa shape index (κ1) is 21.5. The summed E-state index contributed by atoms with van der Waals surface area (Å²) in [5, 5.41) is 3.01. The number of alkyl halides is 2. The summed E-state index contributed by atoms with van der Waals surface area (Å²) in [4.78, 5) is 22.9. The molecule has 0 atom stereocenters. The Hall–Kier alpha value is -2.77. The molecular weight excluding hydrogens is 402 g/mol. The third-order valence-electron chi connectivity index (χ3n) is 5.59. The van der Waals surface area contributed by atoms with Crippen LogP contribution >= 0.6 is 0 Å². The summed E-state index contributed by atoms with van der Waals surface area (Å²) >= 11 is 0. The van der Waals surface area contributed by atoms with Crippen LogP contribution in [0.2, 0.25) is 0 Å². The number of carbonyl (C=O) groups is 1. The summed E-state index contributed by atoms with van der Waals surface area (Å²) in [5.41, 5.74) is 0.868. The highest BCUT2D eigenvalue weighted by Crippen LogP contribution is 2.36. The Morgan fingerprint density at radius 1 is 1.26 bits per heavy atom. The molecule has 1 amide bonds. The molecule has 2 heterocycles. The minimum atomic E-state index is -2.73. The average Bonchev–Trinajstić information content (AvgIpc) is 3.54. The fourth-order valence-electron chi connectivity index (χ4n) is 3.47. The lowest BCUT2D eigenvalue weighted by molar-refractivity contribution is -0.0270. The molecule has 4 rings (SSSR count). The summed E-state index contributed by atoms with van der Waals surface area (Å²) in [6.45, 7) is 3.54. The van der Waals surface area contributed by atoms with Gasteiger partial charge in [0.25, 0.3) is 17.7 Å². The summed E-state index contributed by atoms with van der Waals surface area (Å²) < 4.78 is 32.4. The number of amides is 1. The molecule has 1 saturated carbocycles. The van der Waals surface area contributed by atoms with Crippen molar-refractivity contribution in [2.24, 2.45) is 5.92 Å². The Bertz CT molecular complexity index is 924. The molecule has 2 aromatic rings. The molecule has 1 aliphatic heterocycles. The standard InChI is InChI=1S/C23H28F2N4O2/c1-22(2,11-10-16-6-4-3-5-7-16)28-20(30)18-12-26-19(29-14-23(24,25)15-29)21(27-18)31-13-17-8-9-17/h3-7,12,17H,8-11,13-15H2,1-2H3,(H,28,30). The number of hydrogen-bond acceptors (Lipinski definition) is 5. The van der Waals surface area contributed by atoms with Crippen molar-refractivity contribution in [3.8, 4) is 5.88 Å². The molecule has 166 valence electrons. The van der Waals surface area contributed by atoms with Gasteiger partial charge in [0.15, 0.2) is 11.5 Å². The third kappa shape index (κ3) is 5.68. The molecule has 1 N–H and O–H groups in total. The van der Waals surface area contributed by atoms with Crippen LogP contribution in [0.1, 0.15) is 49.2 Å². The number of nitrogens with zero attached hydrogens (tertiary/aromatic N) is 3. The van der Waals surface area contributed by atoms with Crippen LogP contribution in [0.3, 0.4) is 0 Å². The number of benzene rings is 1. The Balaban J connectivity index is 1.43. The van der Waals surface area contributed by atoms with E-state index < -0.39 is 24.6 Å². The van der Waals surface area contributed by atoms with Crippen LogP contribution in [-0.2, 0) is 6.42 Å². The Morgan fingerprint density at radius 2 is 1.97 bits per heavy atom. The number of rotatable bonds is 9. The SMILES string of the molecule is CC(C)(CCc1ccccc1)NC(=O)c1cnc(N2CC(F)(F)C2)c(OCC2CC2)n1. The molecule has 31 heavy (non-hydrogen) atoms. The van der Waals surface area contributed by atoms with E-state index >= 15 is 0 Å². The molecule has 0 spiro atoms. The van der Waals surface area contributed by atoms with Crippen LogP contribution in [0.15, 0.2) is 36.5 Å². The Kier molecular flexibility index (Phi) is 5.81. The van der Waals surface area contributed by atoms with Crippen molar-refractivity contribution < 1.29 is 18.3 Å². The Morgan fingerprint density at radius 3 is 2.61 bits per heavy atom. The van der Waals surface area contributed by atoms with E-state index in [2.05, 4.69) is 27.4 Å². The van der Waals surface area contributed by atoms with Gasteiger partial charge < -0.3 is 15.0 Å². The first-order chi connectivity index (χ1) is 14.7. The first-order valence-electron chi connectivity index (χ1n) is 10.7. The number of anilines is 1. The van der Waals surface area contributed by atoms with Crippen LogP contribution in [0.4, 0.5) is 14.6 Å². The number of ether oxygens (including phenoxy) is 1. The zero-order valence-corrected chi connectivity index (χ0v) is 17.9. The fourth-order valence-corrected chi connectivity index (χ4v) is 3.47. The van der Waals surface area contributed by atoms with E-state index in [1.54, 1.807) is 0 Å². The third-order valence-corrected chi connectivity index (χ3v) is 5.59. The van der Waals surface area contributed by atoms with Crippen molar-refractivity contribution in [2.75, 3.05) is 24.6 Å². The molecule has 2 aliphatic rings. The zero-order chi connectivity index (χ0) is 22.1. The van der Waals surface area contributed by atoms with Crippen molar-refractivity contribution >= 4 is 11.7 Å². The molecule has 0 radical (unpaired) electrons. The van der Waals surface area contributed by atoms with E-state index in [-0.39, 0.29) is 23.3 Å². The molecule has 2 fully saturated rings. The van der Waals surface area contributed by atoms with Crippen molar-refractivity contribution in [3.63, 3.8) is 0 Å². The minimum absolute atomic E-state index is 0.120. The number of halogens is 2. The average molecular weight is 430 g/mol. The number of nitrogens with one attached hydrogen (secondary N) is 1. The highest BCUT2D eigenvalue weighted by molar-refractivity contribution is 5.92. The summed E-state index contributed by atoms with van der Waals surface area (Å²) in [5.74, 6) is -2.21. The fraction of sp³-hybridized carbons (Fsp3) is 0.522. The van der Waals surface area contributed by atoms with Gasteiger partial charge in [-0.3, -0.25) is 4.79 Å².